The molecule has 2 rings (SSSR count). The van der Waals surface area contributed by atoms with Gasteiger partial charge in [0.2, 0.25) is 5.91 Å². The predicted octanol–water partition coefficient (Wildman–Crippen LogP) is 3.34. The first-order valence-electron chi connectivity index (χ1n) is 7.65. The van der Waals surface area contributed by atoms with Crippen LogP contribution in [0.25, 0.3) is 6.08 Å². The van der Waals surface area contributed by atoms with Crippen molar-refractivity contribution in [3.63, 3.8) is 0 Å². The Kier molecular flexibility index (Phi) is 6.27. The van der Waals surface area contributed by atoms with Gasteiger partial charge in [0.25, 0.3) is 0 Å². The van der Waals surface area contributed by atoms with Crippen LogP contribution < -0.4 is 5.32 Å². The van der Waals surface area contributed by atoms with Gasteiger partial charge in [0, 0.05) is 30.2 Å². The maximum Gasteiger partial charge on any atom is 0.246 e. The lowest BCUT2D eigenvalue weighted by molar-refractivity contribution is -0.126. The Bertz CT molecular complexity index is 478. The number of benzene rings is 1. The maximum atomic E-state index is 12.3. The first kappa shape index (κ1) is 16.1. The summed E-state index contributed by atoms with van der Waals surface area (Å²) in [6, 6.07) is 7.93. The summed E-state index contributed by atoms with van der Waals surface area (Å²) < 4.78 is 0. The smallest absolute Gasteiger partial charge is 0.246 e. The summed E-state index contributed by atoms with van der Waals surface area (Å²) in [4.78, 5) is 14.3. The van der Waals surface area contributed by atoms with Crippen molar-refractivity contribution in [3.05, 3.63) is 40.9 Å². The van der Waals surface area contributed by atoms with E-state index in [1.165, 1.54) is 6.42 Å². The largest absolute Gasteiger partial charge is 0.338 e. The molecule has 1 unspecified atom stereocenters. The van der Waals surface area contributed by atoms with Crippen LogP contribution in [0.1, 0.15) is 31.7 Å². The van der Waals surface area contributed by atoms with E-state index in [0.29, 0.717) is 11.1 Å². The van der Waals surface area contributed by atoms with Crippen molar-refractivity contribution >= 4 is 23.6 Å². The third-order valence-corrected chi connectivity index (χ3v) is 3.95. The average Bonchev–Trinajstić information content (AvgIpc) is 2.99. The van der Waals surface area contributed by atoms with Crippen LogP contribution in [0.15, 0.2) is 30.3 Å². The SMILES string of the molecule is CCCN(CC1CCCN1)C(=O)/C=C/c1ccc(Cl)cc1. The quantitative estimate of drug-likeness (QED) is 0.818. The molecular formula is C17H23ClN2O. The average molecular weight is 307 g/mol. The Morgan fingerprint density at radius 3 is 2.81 bits per heavy atom. The Morgan fingerprint density at radius 1 is 1.43 bits per heavy atom. The molecule has 0 bridgehead atoms. The minimum absolute atomic E-state index is 0.0838. The number of amides is 1. The zero-order valence-corrected chi connectivity index (χ0v) is 13.3. The normalized spacial score (nSPS) is 18.3. The summed E-state index contributed by atoms with van der Waals surface area (Å²) in [6.45, 7) is 4.78. The van der Waals surface area contributed by atoms with Crippen molar-refractivity contribution in [1.29, 1.82) is 0 Å². The Labute approximate surface area is 132 Å². The van der Waals surface area contributed by atoms with Gasteiger partial charge in [-0.05, 0) is 49.6 Å². The zero-order valence-electron chi connectivity index (χ0n) is 12.5. The molecule has 1 atom stereocenters. The summed E-state index contributed by atoms with van der Waals surface area (Å²) >= 11 is 5.85. The van der Waals surface area contributed by atoms with E-state index in [0.717, 1.165) is 38.0 Å². The lowest BCUT2D eigenvalue weighted by atomic mass is 10.2. The van der Waals surface area contributed by atoms with Gasteiger partial charge in [-0.3, -0.25) is 4.79 Å². The lowest BCUT2D eigenvalue weighted by Gasteiger charge is -2.24. The second-order valence-corrected chi connectivity index (χ2v) is 5.90. The molecule has 21 heavy (non-hydrogen) atoms. The van der Waals surface area contributed by atoms with Crippen LogP contribution in [-0.4, -0.2) is 36.5 Å². The fraction of sp³-hybridized carbons (Fsp3) is 0.471. The van der Waals surface area contributed by atoms with E-state index in [2.05, 4.69) is 12.2 Å². The van der Waals surface area contributed by atoms with Crippen molar-refractivity contribution in [2.75, 3.05) is 19.6 Å². The number of rotatable bonds is 6. The third-order valence-electron chi connectivity index (χ3n) is 3.70. The first-order valence-corrected chi connectivity index (χ1v) is 8.03. The summed E-state index contributed by atoms with van der Waals surface area (Å²) in [5, 5.41) is 4.15. The van der Waals surface area contributed by atoms with E-state index in [1.54, 1.807) is 6.08 Å². The fourth-order valence-electron chi connectivity index (χ4n) is 2.59. The summed E-state index contributed by atoms with van der Waals surface area (Å²) in [6.07, 6.45) is 6.86. The molecule has 1 aromatic rings. The van der Waals surface area contributed by atoms with E-state index >= 15 is 0 Å². The van der Waals surface area contributed by atoms with Crippen LogP contribution in [0.3, 0.4) is 0 Å². The topological polar surface area (TPSA) is 32.3 Å². The summed E-state index contributed by atoms with van der Waals surface area (Å²) in [7, 11) is 0. The zero-order chi connectivity index (χ0) is 15.1. The summed E-state index contributed by atoms with van der Waals surface area (Å²) in [5.74, 6) is 0.0838. The molecule has 1 N–H and O–H groups in total. The molecular weight excluding hydrogens is 284 g/mol. The highest BCUT2D eigenvalue weighted by Crippen LogP contribution is 2.12. The highest BCUT2D eigenvalue weighted by molar-refractivity contribution is 6.30. The number of nitrogens with zero attached hydrogens (tertiary/aromatic N) is 1. The van der Waals surface area contributed by atoms with Crippen molar-refractivity contribution in [1.82, 2.24) is 10.2 Å². The molecule has 0 spiro atoms. The molecule has 1 fully saturated rings. The van der Waals surface area contributed by atoms with Crippen LogP contribution in [0.2, 0.25) is 5.02 Å². The van der Waals surface area contributed by atoms with E-state index < -0.39 is 0 Å². The summed E-state index contributed by atoms with van der Waals surface area (Å²) in [5.41, 5.74) is 0.989. The monoisotopic (exact) mass is 306 g/mol. The van der Waals surface area contributed by atoms with Gasteiger partial charge in [0.15, 0.2) is 0 Å². The fourth-order valence-corrected chi connectivity index (χ4v) is 2.71. The van der Waals surface area contributed by atoms with Crippen LogP contribution in [0, 0.1) is 0 Å². The Morgan fingerprint density at radius 2 is 2.19 bits per heavy atom. The van der Waals surface area contributed by atoms with Gasteiger partial charge in [0.1, 0.15) is 0 Å². The minimum Gasteiger partial charge on any atom is -0.338 e. The molecule has 1 aliphatic rings. The Balaban J connectivity index is 1.95. The number of hydrogen-bond acceptors (Lipinski definition) is 2. The van der Waals surface area contributed by atoms with Gasteiger partial charge in [-0.1, -0.05) is 30.7 Å². The van der Waals surface area contributed by atoms with Crippen molar-refractivity contribution in [3.8, 4) is 0 Å². The number of hydrogen-bond donors (Lipinski definition) is 1. The highest BCUT2D eigenvalue weighted by Gasteiger charge is 2.19. The first-order chi connectivity index (χ1) is 10.2. The molecule has 0 saturated carbocycles. The maximum absolute atomic E-state index is 12.3. The third kappa shape index (κ3) is 5.18. The molecule has 4 heteroatoms. The second kappa shape index (κ2) is 8.20. The number of nitrogens with one attached hydrogen (secondary N) is 1. The minimum atomic E-state index is 0.0838. The number of carbonyl (C=O) groups excluding carboxylic acids is 1. The molecule has 114 valence electrons. The van der Waals surface area contributed by atoms with Crippen LogP contribution in [0.4, 0.5) is 0 Å². The lowest BCUT2D eigenvalue weighted by Crippen LogP contribution is -2.40. The van der Waals surface area contributed by atoms with Crippen molar-refractivity contribution < 1.29 is 4.79 Å². The molecule has 0 radical (unpaired) electrons. The molecule has 1 saturated heterocycles. The Hall–Kier alpha value is -1.32. The molecule has 1 heterocycles. The molecule has 1 amide bonds. The number of carbonyl (C=O) groups is 1. The van der Waals surface area contributed by atoms with Gasteiger partial charge in [0.05, 0.1) is 0 Å². The van der Waals surface area contributed by atoms with Crippen molar-refractivity contribution in [2.24, 2.45) is 0 Å². The van der Waals surface area contributed by atoms with Crippen LogP contribution in [-0.2, 0) is 4.79 Å². The molecule has 1 aliphatic heterocycles. The van der Waals surface area contributed by atoms with Gasteiger partial charge < -0.3 is 10.2 Å². The van der Waals surface area contributed by atoms with E-state index in [-0.39, 0.29) is 5.91 Å². The van der Waals surface area contributed by atoms with Gasteiger partial charge in [-0.2, -0.15) is 0 Å². The van der Waals surface area contributed by atoms with Crippen molar-refractivity contribution in [2.45, 2.75) is 32.2 Å². The molecule has 1 aromatic carbocycles. The van der Waals surface area contributed by atoms with Gasteiger partial charge in [-0.15, -0.1) is 0 Å². The van der Waals surface area contributed by atoms with Crippen LogP contribution >= 0.6 is 11.6 Å². The van der Waals surface area contributed by atoms with E-state index in [4.69, 9.17) is 11.6 Å². The second-order valence-electron chi connectivity index (χ2n) is 5.46. The highest BCUT2D eigenvalue weighted by atomic mass is 35.5. The standard InChI is InChI=1S/C17H23ClN2O/c1-2-12-20(13-16-4-3-11-19-16)17(21)10-7-14-5-8-15(18)9-6-14/h5-10,16,19H,2-4,11-13H2,1H3/b10-7+. The predicted molar refractivity (Wildman–Crippen MR) is 88.4 cm³/mol. The van der Waals surface area contributed by atoms with Gasteiger partial charge >= 0.3 is 0 Å². The van der Waals surface area contributed by atoms with E-state index in [1.807, 2.05) is 35.2 Å². The van der Waals surface area contributed by atoms with Crippen LogP contribution in [0.5, 0.6) is 0 Å². The molecule has 0 aromatic heterocycles. The number of halogens is 1. The molecule has 0 aliphatic carbocycles. The van der Waals surface area contributed by atoms with Gasteiger partial charge in [-0.25, -0.2) is 0 Å². The van der Waals surface area contributed by atoms with E-state index in [9.17, 15) is 4.79 Å². The molecule has 3 nitrogen and oxygen atoms in total.